The number of hydrogen-bond donors (Lipinski definition) is 2. The Balaban J connectivity index is 2.88. The fourth-order valence-corrected chi connectivity index (χ4v) is 2.19. The van der Waals surface area contributed by atoms with E-state index in [1.165, 1.54) is 0 Å². The highest BCUT2D eigenvalue weighted by Gasteiger charge is 2.42. The summed E-state index contributed by atoms with van der Waals surface area (Å²) < 4.78 is 5.21. The summed E-state index contributed by atoms with van der Waals surface area (Å²) in [6, 6.07) is -1.08. The molecule has 0 aliphatic carbocycles. The lowest BCUT2D eigenvalue weighted by atomic mass is 9.86. The van der Waals surface area contributed by atoms with Crippen LogP contribution in [-0.4, -0.2) is 53.7 Å². The van der Waals surface area contributed by atoms with E-state index in [-0.39, 0.29) is 24.5 Å². The van der Waals surface area contributed by atoms with Gasteiger partial charge in [0.25, 0.3) is 0 Å². The molecule has 0 aromatic rings. The van der Waals surface area contributed by atoms with Gasteiger partial charge in [-0.3, -0.25) is 9.59 Å². The Hall–Kier alpha value is -1.14. The second-order valence-corrected chi connectivity index (χ2v) is 6.02. The van der Waals surface area contributed by atoms with Crippen LogP contribution in [-0.2, 0) is 14.3 Å². The predicted molar refractivity (Wildman–Crippen MR) is 70.6 cm³/mol. The first-order chi connectivity index (χ1) is 8.70. The molecule has 1 aliphatic heterocycles. The first-order valence-corrected chi connectivity index (χ1v) is 6.56. The summed E-state index contributed by atoms with van der Waals surface area (Å²) >= 11 is 0. The Kier molecular flexibility index (Phi) is 4.92. The molecule has 1 saturated heterocycles. The number of carboxylic acid groups (broad SMARTS) is 1. The van der Waals surface area contributed by atoms with Crippen molar-refractivity contribution < 1.29 is 19.4 Å². The van der Waals surface area contributed by atoms with Crippen molar-refractivity contribution in [1.29, 1.82) is 0 Å². The SMILES string of the molecule is CCN(C(=O)[C@H](N)C(C)(C)C)C1COCC1C(=O)O. The maximum atomic E-state index is 12.4. The van der Waals surface area contributed by atoms with E-state index in [9.17, 15) is 9.59 Å². The number of rotatable bonds is 4. The van der Waals surface area contributed by atoms with Crippen LogP contribution in [0, 0.1) is 11.3 Å². The van der Waals surface area contributed by atoms with Gasteiger partial charge < -0.3 is 20.5 Å². The molecule has 0 bridgehead atoms. The van der Waals surface area contributed by atoms with E-state index in [1.54, 1.807) is 4.90 Å². The fourth-order valence-electron chi connectivity index (χ4n) is 2.19. The van der Waals surface area contributed by atoms with Crippen LogP contribution in [0.1, 0.15) is 27.7 Å². The van der Waals surface area contributed by atoms with Crippen molar-refractivity contribution in [3.63, 3.8) is 0 Å². The molecular formula is C13H24N2O4. The van der Waals surface area contributed by atoms with E-state index >= 15 is 0 Å². The Bertz CT molecular complexity index is 351. The minimum atomic E-state index is -0.932. The molecule has 3 N–H and O–H groups in total. The van der Waals surface area contributed by atoms with Gasteiger partial charge in [-0.2, -0.15) is 0 Å². The number of carbonyl (C=O) groups is 2. The van der Waals surface area contributed by atoms with Crippen LogP contribution in [0.3, 0.4) is 0 Å². The molecule has 1 amide bonds. The predicted octanol–water partition coefficient (Wildman–Crippen LogP) is 0.308. The molecule has 0 spiro atoms. The van der Waals surface area contributed by atoms with Gasteiger partial charge in [0.2, 0.25) is 5.91 Å². The molecule has 6 heteroatoms. The topological polar surface area (TPSA) is 92.9 Å². The van der Waals surface area contributed by atoms with Crippen LogP contribution in [0.4, 0.5) is 0 Å². The lowest BCUT2D eigenvalue weighted by Gasteiger charge is -2.35. The van der Waals surface area contributed by atoms with Crippen LogP contribution >= 0.6 is 0 Å². The van der Waals surface area contributed by atoms with Crippen LogP contribution in [0.15, 0.2) is 0 Å². The van der Waals surface area contributed by atoms with Crippen molar-refractivity contribution >= 4 is 11.9 Å². The van der Waals surface area contributed by atoms with E-state index in [0.717, 1.165) is 0 Å². The third kappa shape index (κ3) is 3.45. The third-order valence-electron chi connectivity index (χ3n) is 3.59. The van der Waals surface area contributed by atoms with Gasteiger partial charge in [-0.1, -0.05) is 20.8 Å². The molecule has 110 valence electrons. The lowest BCUT2D eigenvalue weighted by molar-refractivity contribution is -0.145. The summed E-state index contributed by atoms with van der Waals surface area (Å²) in [5.41, 5.74) is 5.62. The molecule has 0 aromatic carbocycles. The summed E-state index contributed by atoms with van der Waals surface area (Å²) in [5, 5.41) is 9.16. The number of aliphatic carboxylic acids is 1. The zero-order valence-electron chi connectivity index (χ0n) is 12.0. The second kappa shape index (κ2) is 5.88. The van der Waals surface area contributed by atoms with Crippen LogP contribution < -0.4 is 5.73 Å². The van der Waals surface area contributed by atoms with Crippen molar-refractivity contribution in [1.82, 2.24) is 4.90 Å². The largest absolute Gasteiger partial charge is 0.481 e. The number of hydrogen-bond acceptors (Lipinski definition) is 4. The summed E-state index contributed by atoms with van der Waals surface area (Å²) in [6.07, 6.45) is 0. The first kappa shape index (κ1) is 15.9. The number of nitrogens with zero attached hydrogens (tertiary/aromatic N) is 1. The molecule has 2 unspecified atom stereocenters. The summed E-state index contributed by atoms with van der Waals surface area (Å²) in [7, 11) is 0. The fraction of sp³-hybridized carbons (Fsp3) is 0.846. The zero-order chi connectivity index (χ0) is 14.8. The third-order valence-corrected chi connectivity index (χ3v) is 3.59. The molecule has 3 atom stereocenters. The van der Waals surface area contributed by atoms with E-state index in [4.69, 9.17) is 15.6 Å². The van der Waals surface area contributed by atoms with Crippen LogP contribution in [0.25, 0.3) is 0 Å². The molecule has 1 fully saturated rings. The number of ether oxygens (including phenoxy) is 1. The maximum Gasteiger partial charge on any atom is 0.311 e. The normalized spacial score (nSPS) is 25.1. The van der Waals surface area contributed by atoms with Gasteiger partial charge in [0.15, 0.2) is 0 Å². The smallest absolute Gasteiger partial charge is 0.311 e. The number of nitrogens with two attached hydrogens (primary N) is 1. The van der Waals surface area contributed by atoms with E-state index < -0.39 is 24.0 Å². The van der Waals surface area contributed by atoms with E-state index in [2.05, 4.69) is 0 Å². The Morgan fingerprint density at radius 1 is 1.42 bits per heavy atom. The minimum Gasteiger partial charge on any atom is -0.481 e. The number of carboxylic acids is 1. The quantitative estimate of drug-likeness (QED) is 0.768. The Labute approximate surface area is 113 Å². The Morgan fingerprint density at radius 2 is 2.00 bits per heavy atom. The average Bonchev–Trinajstić information content (AvgIpc) is 2.76. The summed E-state index contributed by atoms with van der Waals surface area (Å²) in [6.45, 7) is 8.34. The van der Waals surface area contributed by atoms with Gasteiger partial charge in [0.05, 0.1) is 25.3 Å². The van der Waals surface area contributed by atoms with Gasteiger partial charge in [-0.05, 0) is 12.3 Å². The lowest BCUT2D eigenvalue weighted by Crippen LogP contribution is -2.55. The monoisotopic (exact) mass is 272 g/mol. The molecule has 0 radical (unpaired) electrons. The van der Waals surface area contributed by atoms with E-state index in [0.29, 0.717) is 6.54 Å². The van der Waals surface area contributed by atoms with Crippen molar-refractivity contribution in [2.45, 2.75) is 39.8 Å². The van der Waals surface area contributed by atoms with Gasteiger partial charge in [0, 0.05) is 6.54 Å². The molecule has 0 aromatic heterocycles. The maximum absolute atomic E-state index is 12.4. The highest BCUT2D eigenvalue weighted by Crippen LogP contribution is 2.24. The summed E-state index contributed by atoms with van der Waals surface area (Å²) in [5.74, 6) is -1.81. The minimum absolute atomic E-state index is 0.147. The van der Waals surface area contributed by atoms with Crippen molar-refractivity contribution in [2.24, 2.45) is 17.1 Å². The highest BCUT2D eigenvalue weighted by molar-refractivity contribution is 5.83. The van der Waals surface area contributed by atoms with Crippen molar-refractivity contribution in [3.8, 4) is 0 Å². The van der Waals surface area contributed by atoms with Crippen LogP contribution in [0.2, 0.25) is 0 Å². The molecule has 1 rings (SSSR count). The molecule has 1 aliphatic rings. The average molecular weight is 272 g/mol. The Morgan fingerprint density at radius 3 is 2.42 bits per heavy atom. The van der Waals surface area contributed by atoms with Gasteiger partial charge in [0.1, 0.15) is 5.92 Å². The van der Waals surface area contributed by atoms with Gasteiger partial charge in [-0.15, -0.1) is 0 Å². The second-order valence-electron chi connectivity index (χ2n) is 6.02. The number of likely N-dealkylation sites (N-methyl/N-ethyl adjacent to an activating group) is 1. The molecule has 19 heavy (non-hydrogen) atoms. The molecule has 0 saturated carbocycles. The zero-order valence-corrected chi connectivity index (χ0v) is 12.0. The van der Waals surface area contributed by atoms with Gasteiger partial charge in [-0.25, -0.2) is 0 Å². The standard InChI is InChI=1S/C13H24N2O4/c1-5-15(11(16)10(14)13(2,3)4)9-7-19-6-8(9)12(17)18/h8-10H,5-7,14H2,1-4H3,(H,17,18)/t8?,9?,10-/m0/s1. The first-order valence-electron chi connectivity index (χ1n) is 6.56. The van der Waals surface area contributed by atoms with Crippen LogP contribution in [0.5, 0.6) is 0 Å². The molecule has 1 heterocycles. The van der Waals surface area contributed by atoms with E-state index in [1.807, 2.05) is 27.7 Å². The summed E-state index contributed by atoms with van der Waals surface area (Å²) in [4.78, 5) is 25.1. The van der Waals surface area contributed by atoms with Crippen molar-refractivity contribution in [3.05, 3.63) is 0 Å². The van der Waals surface area contributed by atoms with Crippen molar-refractivity contribution in [2.75, 3.05) is 19.8 Å². The molecule has 6 nitrogen and oxygen atoms in total. The van der Waals surface area contributed by atoms with Gasteiger partial charge >= 0.3 is 5.97 Å². The molecular weight excluding hydrogens is 248 g/mol. The number of amides is 1. The highest BCUT2D eigenvalue weighted by atomic mass is 16.5. The number of carbonyl (C=O) groups excluding carboxylic acids is 1.